The van der Waals surface area contributed by atoms with Crippen LogP contribution in [0, 0.1) is 10.1 Å². The summed E-state index contributed by atoms with van der Waals surface area (Å²) in [4.78, 5) is 9.93. The number of halogens is 1. The van der Waals surface area contributed by atoms with Gasteiger partial charge in [0.2, 0.25) is 0 Å². The monoisotopic (exact) mass is 245 g/mol. The fourth-order valence-corrected chi connectivity index (χ4v) is 1.15. The summed E-state index contributed by atoms with van der Waals surface area (Å²) in [7, 11) is 0. The van der Waals surface area contributed by atoms with Crippen LogP contribution in [0.4, 0.5) is 5.69 Å². The highest BCUT2D eigenvalue weighted by atomic mass is 35.5. The Labute approximate surface area is 98.1 Å². The zero-order chi connectivity index (χ0) is 11.8. The quantitative estimate of drug-likeness (QED) is 0.320. The van der Waals surface area contributed by atoms with Gasteiger partial charge in [-0.3, -0.25) is 10.1 Å². The fourth-order valence-electron chi connectivity index (χ4n) is 1.04. The van der Waals surface area contributed by atoms with E-state index in [1.807, 2.05) is 0 Å². The van der Waals surface area contributed by atoms with Gasteiger partial charge in [0.1, 0.15) is 12.4 Å². The van der Waals surface area contributed by atoms with Crippen molar-refractivity contribution in [3.63, 3.8) is 0 Å². The highest BCUT2D eigenvalue weighted by Gasteiger charge is 2.03. The zero-order valence-electron chi connectivity index (χ0n) is 8.60. The van der Waals surface area contributed by atoms with Crippen molar-refractivity contribution in [1.82, 2.24) is 0 Å². The van der Waals surface area contributed by atoms with Gasteiger partial charge in [-0.05, 0) is 12.1 Å². The third kappa shape index (κ3) is 4.46. The van der Waals surface area contributed by atoms with E-state index in [4.69, 9.17) is 21.1 Å². The van der Waals surface area contributed by atoms with Crippen LogP contribution in [0.3, 0.4) is 0 Å². The van der Waals surface area contributed by atoms with Crippen LogP contribution >= 0.6 is 11.6 Å². The molecule has 0 saturated carbocycles. The van der Waals surface area contributed by atoms with Gasteiger partial charge in [-0.15, -0.1) is 11.6 Å². The molecule has 0 spiro atoms. The van der Waals surface area contributed by atoms with Gasteiger partial charge in [0.05, 0.1) is 18.1 Å². The van der Waals surface area contributed by atoms with Crippen LogP contribution in [-0.4, -0.2) is 30.6 Å². The molecule has 0 N–H and O–H groups in total. The van der Waals surface area contributed by atoms with Crippen LogP contribution in [0.5, 0.6) is 5.75 Å². The van der Waals surface area contributed by atoms with E-state index in [2.05, 4.69) is 0 Å². The van der Waals surface area contributed by atoms with Crippen molar-refractivity contribution in [3.8, 4) is 5.75 Å². The average molecular weight is 246 g/mol. The summed E-state index contributed by atoms with van der Waals surface area (Å²) in [5.41, 5.74) is 0.0470. The molecule has 1 rings (SSSR count). The van der Waals surface area contributed by atoms with E-state index >= 15 is 0 Å². The van der Waals surface area contributed by atoms with E-state index in [9.17, 15) is 10.1 Å². The molecule has 1 aromatic carbocycles. The molecule has 0 heterocycles. The molecule has 0 aliphatic carbocycles. The van der Waals surface area contributed by atoms with Gasteiger partial charge < -0.3 is 9.47 Å². The molecule has 0 aliphatic rings. The van der Waals surface area contributed by atoms with E-state index in [0.717, 1.165) is 0 Å². The summed E-state index contributed by atoms with van der Waals surface area (Å²) >= 11 is 5.41. The first kappa shape index (κ1) is 12.7. The summed E-state index contributed by atoms with van der Waals surface area (Å²) in [6.07, 6.45) is 0. The molecule has 1 aromatic rings. The first-order valence-corrected chi connectivity index (χ1v) is 5.28. The van der Waals surface area contributed by atoms with Crippen LogP contribution in [0.1, 0.15) is 0 Å². The van der Waals surface area contributed by atoms with Crippen LogP contribution in [0.2, 0.25) is 0 Å². The van der Waals surface area contributed by atoms with Crippen molar-refractivity contribution in [1.29, 1.82) is 0 Å². The number of hydrogen-bond donors (Lipinski definition) is 0. The second-order valence-corrected chi connectivity index (χ2v) is 3.28. The summed E-state index contributed by atoms with van der Waals surface area (Å²) in [5.74, 6) is 1.04. The van der Waals surface area contributed by atoms with Crippen molar-refractivity contribution in [2.24, 2.45) is 0 Å². The Bertz CT molecular complexity index is 328. The molecular weight excluding hydrogens is 234 g/mol. The molecule has 0 unspecified atom stereocenters. The molecule has 0 amide bonds. The minimum absolute atomic E-state index is 0.0470. The highest BCUT2D eigenvalue weighted by Crippen LogP contribution is 2.16. The second-order valence-electron chi connectivity index (χ2n) is 2.90. The topological polar surface area (TPSA) is 61.6 Å². The van der Waals surface area contributed by atoms with Crippen molar-refractivity contribution in [2.75, 3.05) is 25.7 Å². The summed E-state index contributed by atoms with van der Waals surface area (Å²) < 4.78 is 10.4. The fraction of sp³-hybridized carbons (Fsp3) is 0.400. The Hall–Kier alpha value is -1.33. The maximum Gasteiger partial charge on any atom is 0.269 e. The van der Waals surface area contributed by atoms with Gasteiger partial charge in [-0.2, -0.15) is 0 Å². The predicted octanol–water partition coefficient (Wildman–Crippen LogP) is 2.23. The molecular formula is C10H12ClNO4. The maximum atomic E-state index is 10.4. The molecule has 0 aromatic heterocycles. The van der Waals surface area contributed by atoms with Gasteiger partial charge >= 0.3 is 0 Å². The van der Waals surface area contributed by atoms with Crippen LogP contribution in [0.15, 0.2) is 24.3 Å². The number of rotatable bonds is 7. The molecule has 6 heteroatoms. The average Bonchev–Trinajstić information content (AvgIpc) is 2.29. The van der Waals surface area contributed by atoms with Crippen molar-refractivity contribution in [2.45, 2.75) is 0 Å². The highest BCUT2D eigenvalue weighted by molar-refractivity contribution is 6.17. The molecule has 0 atom stereocenters. The van der Waals surface area contributed by atoms with Crippen molar-refractivity contribution in [3.05, 3.63) is 34.4 Å². The number of nitro benzene ring substituents is 1. The van der Waals surface area contributed by atoms with E-state index in [0.29, 0.717) is 31.5 Å². The molecule has 0 radical (unpaired) electrons. The van der Waals surface area contributed by atoms with Crippen LogP contribution < -0.4 is 4.74 Å². The van der Waals surface area contributed by atoms with Gasteiger partial charge in [0.15, 0.2) is 0 Å². The van der Waals surface area contributed by atoms with Crippen LogP contribution in [0.25, 0.3) is 0 Å². The van der Waals surface area contributed by atoms with E-state index in [-0.39, 0.29) is 5.69 Å². The first-order chi connectivity index (χ1) is 7.74. The second kappa shape index (κ2) is 7.03. The summed E-state index contributed by atoms with van der Waals surface area (Å²) in [6, 6.07) is 5.91. The zero-order valence-corrected chi connectivity index (χ0v) is 9.35. The third-order valence-electron chi connectivity index (χ3n) is 1.77. The molecule has 16 heavy (non-hydrogen) atoms. The molecule has 0 bridgehead atoms. The van der Waals surface area contributed by atoms with Crippen molar-refractivity contribution >= 4 is 17.3 Å². The Kier molecular flexibility index (Phi) is 5.60. The van der Waals surface area contributed by atoms with E-state index in [1.54, 1.807) is 12.1 Å². The van der Waals surface area contributed by atoms with E-state index < -0.39 is 4.92 Å². The minimum Gasteiger partial charge on any atom is -0.491 e. The molecule has 88 valence electrons. The number of benzene rings is 1. The number of nitro groups is 1. The van der Waals surface area contributed by atoms with Crippen molar-refractivity contribution < 1.29 is 14.4 Å². The standard InChI is InChI=1S/C10H12ClNO4/c11-5-6-15-7-8-16-10-3-1-9(2-4-10)12(13)14/h1-4H,5-8H2. The number of non-ortho nitro benzene ring substituents is 1. The summed E-state index contributed by atoms with van der Waals surface area (Å²) in [5, 5.41) is 10.4. The maximum absolute atomic E-state index is 10.4. The summed E-state index contributed by atoms with van der Waals surface area (Å²) in [6.45, 7) is 1.34. The van der Waals surface area contributed by atoms with Gasteiger partial charge in [0.25, 0.3) is 5.69 Å². The van der Waals surface area contributed by atoms with Crippen LogP contribution in [-0.2, 0) is 4.74 Å². The Morgan fingerprint density at radius 3 is 2.44 bits per heavy atom. The Balaban J connectivity index is 2.29. The minimum atomic E-state index is -0.451. The number of hydrogen-bond acceptors (Lipinski definition) is 4. The Morgan fingerprint density at radius 1 is 1.19 bits per heavy atom. The lowest BCUT2D eigenvalue weighted by molar-refractivity contribution is -0.384. The molecule has 0 saturated heterocycles. The van der Waals surface area contributed by atoms with Gasteiger partial charge in [-0.25, -0.2) is 0 Å². The Morgan fingerprint density at radius 2 is 1.88 bits per heavy atom. The largest absolute Gasteiger partial charge is 0.491 e. The normalized spacial score (nSPS) is 10.1. The van der Waals surface area contributed by atoms with Gasteiger partial charge in [0, 0.05) is 18.0 Å². The lowest BCUT2D eigenvalue weighted by atomic mass is 10.3. The SMILES string of the molecule is O=[N+]([O-])c1ccc(OCCOCCCl)cc1. The smallest absolute Gasteiger partial charge is 0.269 e. The molecule has 0 fully saturated rings. The lowest BCUT2D eigenvalue weighted by Crippen LogP contribution is -2.07. The molecule has 5 nitrogen and oxygen atoms in total. The van der Waals surface area contributed by atoms with Gasteiger partial charge in [-0.1, -0.05) is 0 Å². The number of nitrogens with zero attached hydrogens (tertiary/aromatic N) is 1. The van der Waals surface area contributed by atoms with E-state index in [1.165, 1.54) is 12.1 Å². The molecule has 0 aliphatic heterocycles. The third-order valence-corrected chi connectivity index (χ3v) is 1.92. The first-order valence-electron chi connectivity index (χ1n) is 4.75. The lowest BCUT2D eigenvalue weighted by Gasteiger charge is -2.05. The predicted molar refractivity (Wildman–Crippen MR) is 60.1 cm³/mol. The number of alkyl halides is 1. The number of ether oxygens (including phenoxy) is 2.